The molecule has 3 aromatic heterocycles. The van der Waals surface area contributed by atoms with Crippen LogP contribution in [0, 0.1) is 0 Å². The molecule has 0 aliphatic carbocycles. The van der Waals surface area contributed by atoms with E-state index in [1.165, 1.54) is 5.55 Å². The third kappa shape index (κ3) is 3.15. The molecule has 1 aromatic carbocycles. The smallest absolute Gasteiger partial charge is 0.258 e. The Bertz CT molecular complexity index is 999. The van der Waals surface area contributed by atoms with Gasteiger partial charge in [-0.15, -0.1) is 0 Å². The van der Waals surface area contributed by atoms with Crippen molar-refractivity contribution in [3.63, 3.8) is 0 Å². The summed E-state index contributed by atoms with van der Waals surface area (Å²) in [4.78, 5) is 12.7. The molecular weight excluding hydrogens is 338 g/mol. The molecule has 0 aliphatic heterocycles. The minimum Gasteiger partial charge on any atom is -0.453 e. The molecule has 4 rings (SSSR count). The summed E-state index contributed by atoms with van der Waals surface area (Å²) in [7, 11) is 0. The van der Waals surface area contributed by atoms with Crippen LogP contribution in [0.1, 0.15) is 0 Å². The monoisotopic (exact) mass is 349 g/mol. The molecule has 0 radical (unpaired) electrons. The van der Waals surface area contributed by atoms with Crippen molar-refractivity contribution in [1.82, 2.24) is 24.7 Å². The van der Waals surface area contributed by atoms with Gasteiger partial charge in [-0.3, -0.25) is 4.98 Å². The van der Waals surface area contributed by atoms with Crippen molar-refractivity contribution in [3.8, 4) is 34.4 Å². The summed E-state index contributed by atoms with van der Waals surface area (Å²) in [5.41, 5.74) is 3.37. The molecule has 0 saturated heterocycles. The van der Waals surface area contributed by atoms with E-state index in [2.05, 4.69) is 20.1 Å². The first-order chi connectivity index (χ1) is 12.3. The third-order valence-corrected chi connectivity index (χ3v) is 3.54. The maximum Gasteiger partial charge on any atom is 0.258 e. The second-order valence-corrected chi connectivity index (χ2v) is 5.23. The van der Waals surface area contributed by atoms with Gasteiger partial charge in [-0.25, -0.2) is 4.98 Å². The predicted octanol–water partition coefficient (Wildman–Crippen LogP) is 3.32. The van der Waals surface area contributed by atoms with Crippen LogP contribution in [0.5, 0.6) is 5.75 Å². The van der Waals surface area contributed by atoms with Gasteiger partial charge >= 0.3 is 0 Å². The van der Waals surface area contributed by atoms with E-state index in [0.717, 1.165) is 5.69 Å². The number of thiocarbonyl (C=S) groups is 1. The van der Waals surface area contributed by atoms with E-state index >= 15 is 0 Å². The number of imidazole rings is 1. The van der Waals surface area contributed by atoms with Crippen LogP contribution < -0.4 is 4.74 Å². The number of rotatable bonds is 5. The molecule has 25 heavy (non-hydrogen) atoms. The number of benzene rings is 1. The molecule has 0 spiro atoms. The fraction of sp³-hybridized carbons (Fsp3) is 0. The molecule has 0 N–H and O–H groups in total. The van der Waals surface area contributed by atoms with Gasteiger partial charge in [0.05, 0.1) is 12.0 Å². The predicted molar refractivity (Wildman–Crippen MR) is 94.4 cm³/mol. The van der Waals surface area contributed by atoms with Crippen molar-refractivity contribution >= 4 is 17.8 Å². The van der Waals surface area contributed by atoms with Crippen LogP contribution in [0.15, 0.2) is 65.8 Å². The van der Waals surface area contributed by atoms with Crippen LogP contribution in [0.3, 0.4) is 0 Å². The molecule has 0 amide bonds. The Balaban J connectivity index is 1.77. The normalized spacial score (nSPS) is 10.6. The number of pyridine rings is 1. The summed E-state index contributed by atoms with van der Waals surface area (Å²) in [6.45, 7) is 0. The lowest BCUT2D eigenvalue weighted by Crippen LogP contribution is -1.94. The second kappa shape index (κ2) is 6.62. The van der Waals surface area contributed by atoms with E-state index < -0.39 is 0 Å². The first kappa shape index (κ1) is 15.2. The molecule has 122 valence electrons. The zero-order valence-electron chi connectivity index (χ0n) is 12.8. The van der Waals surface area contributed by atoms with Crippen molar-refractivity contribution in [2.45, 2.75) is 0 Å². The maximum absolute atomic E-state index is 5.39. The van der Waals surface area contributed by atoms with E-state index in [4.69, 9.17) is 21.5 Å². The Morgan fingerprint density at radius 1 is 1.16 bits per heavy atom. The lowest BCUT2D eigenvalue weighted by Gasteiger charge is -2.07. The van der Waals surface area contributed by atoms with Gasteiger partial charge < -0.3 is 13.8 Å². The number of aromatic nitrogens is 5. The van der Waals surface area contributed by atoms with Crippen LogP contribution in [0.25, 0.3) is 28.7 Å². The highest BCUT2D eigenvalue weighted by molar-refractivity contribution is 7.78. The van der Waals surface area contributed by atoms with Crippen molar-refractivity contribution in [3.05, 3.63) is 61.3 Å². The van der Waals surface area contributed by atoms with Gasteiger partial charge in [-0.1, -0.05) is 11.2 Å². The molecule has 0 atom stereocenters. The topological polar surface area (TPSA) is 78.9 Å². The van der Waals surface area contributed by atoms with Gasteiger partial charge in [0, 0.05) is 30.2 Å². The van der Waals surface area contributed by atoms with Crippen LogP contribution in [0.2, 0.25) is 0 Å². The molecule has 3 heterocycles. The average Bonchev–Trinajstić information content (AvgIpc) is 3.35. The fourth-order valence-electron chi connectivity index (χ4n) is 2.33. The van der Waals surface area contributed by atoms with Gasteiger partial charge in [0.15, 0.2) is 5.55 Å². The van der Waals surface area contributed by atoms with Crippen LogP contribution in [-0.2, 0) is 0 Å². The lowest BCUT2D eigenvalue weighted by molar-refractivity contribution is 0.432. The standard InChI is InChI=1S/C17H11N5O2S/c25-11-23-14-8-12(7-13(9-14)22-6-5-18-10-22)17-20-16(21-24-17)15-3-1-2-4-19-15/h1-11H. The molecule has 0 saturated carbocycles. The molecule has 8 heteroatoms. The molecule has 0 bridgehead atoms. The molecule has 0 unspecified atom stereocenters. The SMILES string of the molecule is S=COc1cc(-c2nc(-c3ccccn3)no2)cc(-n2ccnc2)c1. The number of nitrogens with zero attached hydrogens (tertiary/aromatic N) is 5. The van der Waals surface area contributed by atoms with Crippen molar-refractivity contribution < 1.29 is 9.26 Å². The van der Waals surface area contributed by atoms with E-state index in [-0.39, 0.29) is 0 Å². The van der Waals surface area contributed by atoms with Gasteiger partial charge in [0.2, 0.25) is 5.82 Å². The number of hydrogen-bond acceptors (Lipinski definition) is 7. The maximum atomic E-state index is 5.39. The Morgan fingerprint density at radius 3 is 2.88 bits per heavy atom. The largest absolute Gasteiger partial charge is 0.453 e. The molecule has 0 aliphatic rings. The third-order valence-electron chi connectivity index (χ3n) is 3.44. The van der Waals surface area contributed by atoms with Gasteiger partial charge in [-0.2, -0.15) is 4.98 Å². The first-order valence-electron chi connectivity index (χ1n) is 7.33. The van der Waals surface area contributed by atoms with E-state index in [1.807, 2.05) is 41.1 Å². The van der Waals surface area contributed by atoms with Crippen LogP contribution >= 0.6 is 12.2 Å². The van der Waals surface area contributed by atoms with Crippen LogP contribution in [-0.4, -0.2) is 30.2 Å². The Kier molecular flexibility index (Phi) is 4.01. The zero-order valence-corrected chi connectivity index (χ0v) is 13.6. The highest BCUT2D eigenvalue weighted by atomic mass is 32.1. The Labute approximate surface area is 147 Å². The number of ether oxygens (including phenoxy) is 1. The summed E-state index contributed by atoms with van der Waals surface area (Å²) in [5.74, 6) is 1.34. The minimum absolute atomic E-state index is 0.358. The fourth-order valence-corrected chi connectivity index (χ4v) is 2.44. The molecule has 0 fully saturated rings. The molecular formula is C17H11N5O2S. The first-order valence-corrected chi connectivity index (χ1v) is 7.80. The Hall–Kier alpha value is -3.39. The summed E-state index contributed by atoms with van der Waals surface area (Å²) < 4.78 is 12.6. The van der Waals surface area contributed by atoms with Crippen LogP contribution in [0.4, 0.5) is 0 Å². The van der Waals surface area contributed by atoms with E-state index in [0.29, 0.717) is 28.7 Å². The molecule has 7 nitrogen and oxygen atoms in total. The minimum atomic E-state index is 0.358. The summed E-state index contributed by atoms with van der Waals surface area (Å²) >= 11 is 4.78. The van der Waals surface area contributed by atoms with Crippen molar-refractivity contribution in [2.24, 2.45) is 0 Å². The second-order valence-electron chi connectivity index (χ2n) is 5.04. The van der Waals surface area contributed by atoms with Crippen molar-refractivity contribution in [2.75, 3.05) is 0 Å². The quantitative estimate of drug-likeness (QED) is 0.511. The average molecular weight is 349 g/mol. The highest BCUT2D eigenvalue weighted by Crippen LogP contribution is 2.28. The van der Waals surface area contributed by atoms with Crippen molar-refractivity contribution in [1.29, 1.82) is 0 Å². The number of hydrogen-bond donors (Lipinski definition) is 0. The Morgan fingerprint density at radius 2 is 2.12 bits per heavy atom. The summed E-state index contributed by atoms with van der Waals surface area (Å²) in [6, 6.07) is 11.0. The zero-order chi connectivity index (χ0) is 17.1. The molecule has 4 aromatic rings. The van der Waals surface area contributed by atoms with Gasteiger partial charge in [0.1, 0.15) is 11.4 Å². The van der Waals surface area contributed by atoms with Gasteiger partial charge in [0.25, 0.3) is 5.89 Å². The summed E-state index contributed by atoms with van der Waals surface area (Å²) in [5, 5.41) is 3.99. The highest BCUT2D eigenvalue weighted by Gasteiger charge is 2.14. The van der Waals surface area contributed by atoms with Gasteiger partial charge in [-0.05, 0) is 36.5 Å². The van der Waals surface area contributed by atoms with E-state index in [9.17, 15) is 0 Å². The summed E-state index contributed by atoms with van der Waals surface area (Å²) in [6.07, 6.45) is 6.88. The van der Waals surface area contributed by atoms with E-state index in [1.54, 1.807) is 24.8 Å². The lowest BCUT2D eigenvalue weighted by atomic mass is 10.2.